The van der Waals surface area contributed by atoms with E-state index in [4.69, 9.17) is 0 Å². The van der Waals surface area contributed by atoms with E-state index in [2.05, 4.69) is 16.0 Å². The Morgan fingerprint density at radius 2 is 1.35 bits per heavy atom. The van der Waals surface area contributed by atoms with Crippen LogP contribution in [0.25, 0.3) is 0 Å². The van der Waals surface area contributed by atoms with Crippen LogP contribution in [0.1, 0.15) is 10.4 Å². The fraction of sp³-hybridized carbons (Fsp3) is 0.500. The van der Waals surface area contributed by atoms with E-state index in [0.717, 1.165) is 39.3 Å². The Bertz CT molecular complexity index is 548. The Kier molecular flexibility index (Phi) is 5.09. The van der Waals surface area contributed by atoms with Crippen LogP contribution in [-0.2, 0) is 0 Å². The van der Waals surface area contributed by atoms with Crippen molar-refractivity contribution in [2.45, 2.75) is 0 Å². The second-order valence-electron chi connectivity index (χ2n) is 5.79. The first-order valence-electron chi connectivity index (χ1n) is 8.11. The SMILES string of the molecule is O=C(Nc1ccc(C(=O)N2CCNCC2)cc1)N1CCNCC1. The van der Waals surface area contributed by atoms with Crippen LogP contribution >= 0.6 is 0 Å². The highest BCUT2D eigenvalue weighted by Gasteiger charge is 2.19. The van der Waals surface area contributed by atoms with Crippen LogP contribution in [-0.4, -0.2) is 74.1 Å². The molecule has 1 aromatic rings. The lowest BCUT2D eigenvalue weighted by Crippen LogP contribution is -2.48. The maximum absolute atomic E-state index is 12.4. The van der Waals surface area contributed by atoms with Crippen molar-refractivity contribution in [3.8, 4) is 0 Å². The Balaban J connectivity index is 1.58. The summed E-state index contributed by atoms with van der Waals surface area (Å²) in [5.74, 6) is 0.0477. The van der Waals surface area contributed by atoms with Crippen molar-refractivity contribution >= 4 is 17.6 Å². The zero-order chi connectivity index (χ0) is 16.1. The number of carbonyl (C=O) groups is 2. The molecule has 0 aliphatic carbocycles. The molecule has 2 aliphatic heterocycles. The topological polar surface area (TPSA) is 76.7 Å². The largest absolute Gasteiger partial charge is 0.336 e. The lowest BCUT2D eigenvalue weighted by Gasteiger charge is -2.28. The van der Waals surface area contributed by atoms with Gasteiger partial charge in [0.2, 0.25) is 0 Å². The molecule has 0 radical (unpaired) electrons. The summed E-state index contributed by atoms with van der Waals surface area (Å²) in [4.78, 5) is 28.2. The van der Waals surface area contributed by atoms with Crippen LogP contribution in [0.3, 0.4) is 0 Å². The number of benzene rings is 1. The number of amides is 3. The summed E-state index contributed by atoms with van der Waals surface area (Å²) >= 11 is 0. The molecule has 0 spiro atoms. The molecule has 7 nitrogen and oxygen atoms in total. The molecule has 3 N–H and O–H groups in total. The van der Waals surface area contributed by atoms with Crippen LogP contribution < -0.4 is 16.0 Å². The molecular weight excluding hydrogens is 294 g/mol. The fourth-order valence-electron chi connectivity index (χ4n) is 2.82. The van der Waals surface area contributed by atoms with Crippen molar-refractivity contribution in [1.29, 1.82) is 0 Å². The molecule has 3 amide bonds. The van der Waals surface area contributed by atoms with Crippen molar-refractivity contribution in [3.63, 3.8) is 0 Å². The van der Waals surface area contributed by atoms with Gasteiger partial charge in [0, 0.05) is 63.6 Å². The minimum atomic E-state index is -0.0901. The molecular formula is C16H23N5O2. The van der Waals surface area contributed by atoms with E-state index >= 15 is 0 Å². The third-order valence-electron chi connectivity index (χ3n) is 4.19. The van der Waals surface area contributed by atoms with Gasteiger partial charge >= 0.3 is 6.03 Å². The molecule has 2 saturated heterocycles. The average Bonchev–Trinajstić information content (AvgIpc) is 2.63. The molecule has 23 heavy (non-hydrogen) atoms. The smallest absolute Gasteiger partial charge is 0.321 e. The minimum absolute atomic E-state index is 0.0477. The van der Waals surface area contributed by atoms with Crippen LogP contribution in [0.2, 0.25) is 0 Å². The average molecular weight is 317 g/mol. The third kappa shape index (κ3) is 4.00. The number of nitrogens with one attached hydrogen (secondary N) is 3. The van der Waals surface area contributed by atoms with E-state index in [-0.39, 0.29) is 11.9 Å². The molecule has 0 atom stereocenters. The van der Waals surface area contributed by atoms with Crippen LogP contribution in [0, 0.1) is 0 Å². The van der Waals surface area contributed by atoms with Gasteiger partial charge in [0.05, 0.1) is 0 Å². The predicted octanol–water partition coefficient (Wildman–Crippen LogP) is 0.169. The van der Waals surface area contributed by atoms with Crippen molar-refractivity contribution in [3.05, 3.63) is 29.8 Å². The normalized spacial score (nSPS) is 18.6. The first-order valence-corrected chi connectivity index (χ1v) is 8.11. The standard InChI is InChI=1S/C16H23N5O2/c22-15(20-9-5-17-6-10-20)13-1-3-14(4-2-13)19-16(23)21-11-7-18-8-12-21/h1-4,17-18H,5-12H2,(H,19,23). The number of urea groups is 1. The monoisotopic (exact) mass is 317 g/mol. The molecule has 0 saturated carbocycles. The number of anilines is 1. The molecule has 0 bridgehead atoms. The van der Waals surface area contributed by atoms with E-state index < -0.39 is 0 Å². The zero-order valence-corrected chi connectivity index (χ0v) is 13.2. The number of piperazine rings is 2. The third-order valence-corrected chi connectivity index (χ3v) is 4.19. The summed E-state index contributed by atoms with van der Waals surface area (Å²) < 4.78 is 0. The van der Waals surface area contributed by atoms with Crippen molar-refractivity contribution in [2.24, 2.45) is 0 Å². The van der Waals surface area contributed by atoms with Crippen LogP contribution in [0.15, 0.2) is 24.3 Å². The fourth-order valence-corrected chi connectivity index (χ4v) is 2.82. The Morgan fingerprint density at radius 1 is 0.826 bits per heavy atom. The van der Waals surface area contributed by atoms with Gasteiger partial charge in [-0.25, -0.2) is 4.79 Å². The van der Waals surface area contributed by atoms with Gasteiger partial charge < -0.3 is 25.8 Å². The van der Waals surface area contributed by atoms with Gasteiger partial charge in [-0.2, -0.15) is 0 Å². The Hall–Kier alpha value is -2.12. The number of rotatable bonds is 2. The first-order chi connectivity index (χ1) is 11.2. The number of carbonyl (C=O) groups excluding carboxylic acids is 2. The highest BCUT2D eigenvalue weighted by atomic mass is 16.2. The molecule has 0 aromatic heterocycles. The van der Waals surface area contributed by atoms with Crippen molar-refractivity contribution in [2.75, 3.05) is 57.7 Å². The van der Waals surface area contributed by atoms with E-state index in [9.17, 15) is 9.59 Å². The maximum atomic E-state index is 12.4. The highest BCUT2D eigenvalue weighted by Crippen LogP contribution is 2.13. The van der Waals surface area contributed by atoms with Crippen molar-refractivity contribution in [1.82, 2.24) is 20.4 Å². The summed E-state index contributed by atoms with van der Waals surface area (Å²) in [5, 5.41) is 9.33. The number of hydrogen-bond donors (Lipinski definition) is 3. The summed E-state index contributed by atoms with van der Waals surface area (Å²) in [6, 6.07) is 7.04. The first kappa shape index (κ1) is 15.8. The van der Waals surface area contributed by atoms with Gasteiger partial charge in [-0.15, -0.1) is 0 Å². The molecule has 124 valence electrons. The van der Waals surface area contributed by atoms with Gasteiger partial charge in [-0.05, 0) is 24.3 Å². The molecule has 1 aromatic carbocycles. The second kappa shape index (κ2) is 7.43. The lowest BCUT2D eigenvalue weighted by atomic mass is 10.1. The quantitative estimate of drug-likeness (QED) is 0.727. The van der Waals surface area contributed by atoms with E-state index in [1.807, 2.05) is 4.90 Å². The van der Waals surface area contributed by atoms with Gasteiger partial charge in [-0.3, -0.25) is 4.79 Å². The Labute approximate surface area is 136 Å². The molecule has 0 unspecified atom stereocenters. The summed E-state index contributed by atoms with van der Waals surface area (Å²) in [5.41, 5.74) is 1.37. The van der Waals surface area contributed by atoms with Gasteiger partial charge in [-0.1, -0.05) is 0 Å². The summed E-state index contributed by atoms with van der Waals surface area (Å²) in [6.45, 7) is 6.23. The lowest BCUT2D eigenvalue weighted by molar-refractivity contribution is 0.0736. The van der Waals surface area contributed by atoms with E-state index in [1.165, 1.54) is 0 Å². The molecule has 2 heterocycles. The number of nitrogens with zero attached hydrogens (tertiary/aromatic N) is 2. The minimum Gasteiger partial charge on any atom is -0.336 e. The number of hydrogen-bond acceptors (Lipinski definition) is 4. The molecule has 2 aliphatic rings. The molecule has 2 fully saturated rings. The summed E-state index contributed by atoms with van der Waals surface area (Å²) in [7, 11) is 0. The predicted molar refractivity (Wildman–Crippen MR) is 88.7 cm³/mol. The van der Waals surface area contributed by atoms with Gasteiger partial charge in [0.25, 0.3) is 5.91 Å². The van der Waals surface area contributed by atoms with Crippen LogP contribution in [0.4, 0.5) is 10.5 Å². The highest BCUT2D eigenvalue weighted by molar-refractivity contribution is 5.95. The zero-order valence-electron chi connectivity index (χ0n) is 13.2. The summed E-state index contributed by atoms with van der Waals surface area (Å²) in [6.07, 6.45) is 0. The van der Waals surface area contributed by atoms with E-state index in [0.29, 0.717) is 24.3 Å². The van der Waals surface area contributed by atoms with E-state index in [1.54, 1.807) is 29.2 Å². The van der Waals surface area contributed by atoms with Crippen LogP contribution in [0.5, 0.6) is 0 Å². The molecule has 7 heteroatoms. The Morgan fingerprint density at radius 3 is 1.91 bits per heavy atom. The van der Waals surface area contributed by atoms with Gasteiger partial charge in [0.15, 0.2) is 0 Å². The molecule has 3 rings (SSSR count). The van der Waals surface area contributed by atoms with Crippen molar-refractivity contribution < 1.29 is 9.59 Å². The second-order valence-corrected chi connectivity index (χ2v) is 5.79. The van der Waals surface area contributed by atoms with Gasteiger partial charge in [0.1, 0.15) is 0 Å². The maximum Gasteiger partial charge on any atom is 0.321 e.